The van der Waals surface area contributed by atoms with Gasteiger partial charge in [-0.05, 0) is 57.8 Å². The molecule has 0 bridgehead atoms. The molecule has 0 aliphatic heterocycles. The van der Waals surface area contributed by atoms with Gasteiger partial charge in [0, 0.05) is 6.42 Å². The molecule has 0 aromatic rings. The third kappa shape index (κ3) is 28.7. The molecule has 8 nitrogen and oxygen atoms in total. The number of nitrogens with zero attached hydrogens (tertiary/aromatic N) is 1. The van der Waals surface area contributed by atoms with Crippen LogP contribution in [-0.4, -0.2) is 81.4 Å². The quantitative estimate of drug-likeness (QED) is 0.0500. The number of ether oxygens (including phenoxy) is 3. The lowest BCUT2D eigenvalue weighted by atomic mass is 10.2. The molecule has 0 radical (unpaired) electrons. The number of likely N-dealkylation sites (N-methyl/N-ethyl adjacent to an activating group) is 1. The number of aliphatic hydroxyl groups is 1. The third-order valence-electron chi connectivity index (χ3n) is 5.70. The van der Waals surface area contributed by atoms with E-state index >= 15 is 0 Å². The number of rotatable bonds is 26. The fourth-order valence-electron chi connectivity index (χ4n) is 3.30. The fourth-order valence-corrected chi connectivity index (χ4v) is 3.30. The Hall–Kier alpha value is -2.78. The van der Waals surface area contributed by atoms with Crippen LogP contribution in [0.1, 0.15) is 71.1 Å². The molecule has 1 N–H and O–H groups in total. The molecule has 0 saturated heterocycles. The number of esters is 1. The van der Waals surface area contributed by atoms with Gasteiger partial charge in [0.2, 0.25) is 0 Å². The lowest BCUT2D eigenvalue weighted by Gasteiger charge is -2.26. The molecule has 0 aliphatic carbocycles. The van der Waals surface area contributed by atoms with Crippen LogP contribution in [0.4, 0.5) is 0 Å². The Labute approximate surface area is 254 Å². The van der Waals surface area contributed by atoms with E-state index in [9.17, 15) is 19.8 Å². The summed E-state index contributed by atoms with van der Waals surface area (Å²) in [5.74, 6) is -1.93. The third-order valence-corrected chi connectivity index (χ3v) is 5.70. The highest BCUT2D eigenvalue weighted by molar-refractivity contribution is 5.69. The van der Waals surface area contributed by atoms with Gasteiger partial charge >= 0.3 is 5.97 Å². The topological polar surface area (TPSA) is 105 Å². The summed E-state index contributed by atoms with van der Waals surface area (Å²) in [5.41, 5.74) is 0. The molecule has 0 aromatic heterocycles. The number of allylic oxidation sites excluding steroid dienone is 12. The zero-order valence-corrected chi connectivity index (χ0v) is 26.3. The number of hydrogen-bond acceptors (Lipinski definition) is 7. The molecular formula is C34H55NO7. The molecule has 0 heterocycles. The Morgan fingerprint density at radius 1 is 0.738 bits per heavy atom. The van der Waals surface area contributed by atoms with Crippen LogP contribution in [0.2, 0.25) is 0 Å². The standard InChI is InChI=1S/C34H55NO7/c1-5-6-7-8-9-10-11-12-13-14-15-16-17-18-19-20-21-22-23-24-25-26-32(37)41-29-31(36)30-42-34(33(38)39)40-28-27-35(2,3)4/h6-7,9-10,12-13,15-16,18-19,21-22,31,34,36H,5,8,11,14,17,20,23-30H2,1-4H3/b7-6-,10-9-,13-12-,16-15-,19-18-,22-21-. The second-order valence-corrected chi connectivity index (χ2v) is 10.9. The Balaban J connectivity index is 3.79. The Kier molecular flexibility index (Phi) is 25.3. The molecule has 2 atom stereocenters. The van der Waals surface area contributed by atoms with Gasteiger partial charge in [0.1, 0.15) is 19.3 Å². The summed E-state index contributed by atoms with van der Waals surface area (Å²) in [7, 11) is 5.84. The van der Waals surface area contributed by atoms with Gasteiger partial charge < -0.3 is 33.7 Å². The van der Waals surface area contributed by atoms with E-state index in [1.165, 1.54) is 0 Å². The number of hydrogen-bond donors (Lipinski definition) is 1. The Morgan fingerprint density at radius 2 is 1.24 bits per heavy atom. The Bertz CT molecular complexity index is 866. The number of unbranched alkanes of at least 4 members (excludes halogenated alkanes) is 2. The number of aliphatic carboxylic acids is 1. The minimum absolute atomic E-state index is 0.159. The first-order chi connectivity index (χ1) is 20.2. The first kappa shape index (κ1) is 39.2. The van der Waals surface area contributed by atoms with Gasteiger partial charge in [-0.25, -0.2) is 0 Å². The van der Waals surface area contributed by atoms with Gasteiger partial charge in [-0.15, -0.1) is 0 Å². The van der Waals surface area contributed by atoms with E-state index in [0.29, 0.717) is 17.4 Å². The molecule has 42 heavy (non-hydrogen) atoms. The Morgan fingerprint density at radius 3 is 1.71 bits per heavy atom. The summed E-state index contributed by atoms with van der Waals surface area (Å²) < 4.78 is 15.9. The zero-order valence-electron chi connectivity index (χ0n) is 26.3. The first-order valence-corrected chi connectivity index (χ1v) is 15.1. The van der Waals surface area contributed by atoms with Crippen molar-refractivity contribution in [2.75, 3.05) is 47.5 Å². The average Bonchev–Trinajstić information content (AvgIpc) is 2.93. The maximum atomic E-state index is 11.9. The number of carbonyl (C=O) groups is 2. The maximum Gasteiger partial charge on any atom is 0.305 e. The van der Waals surface area contributed by atoms with Crippen LogP contribution >= 0.6 is 0 Å². The normalized spacial score (nSPS) is 14.4. The van der Waals surface area contributed by atoms with Crippen molar-refractivity contribution in [2.45, 2.75) is 83.5 Å². The summed E-state index contributed by atoms with van der Waals surface area (Å²) in [6.07, 6.45) is 31.8. The lowest BCUT2D eigenvalue weighted by Crippen LogP contribution is -2.44. The number of carboxylic acid groups (broad SMARTS) is 1. The van der Waals surface area contributed by atoms with E-state index in [1.54, 1.807) is 0 Å². The van der Waals surface area contributed by atoms with Crippen molar-refractivity contribution in [1.29, 1.82) is 0 Å². The van der Waals surface area contributed by atoms with Crippen molar-refractivity contribution in [3.63, 3.8) is 0 Å². The lowest BCUT2D eigenvalue weighted by molar-refractivity contribution is -0.870. The number of carboxylic acids is 1. The molecule has 0 saturated carbocycles. The van der Waals surface area contributed by atoms with Gasteiger partial charge in [0.25, 0.3) is 0 Å². The zero-order chi connectivity index (χ0) is 31.3. The number of carbonyl (C=O) groups excluding carboxylic acids is 2. The fraction of sp³-hybridized carbons (Fsp3) is 0.588. The van der Waals surface area contributed by atoms with Gasteiger partial charge in [-0.3, -0.25) is 4.79 Å². The summed E-state index contributed by atoms with van der Waals surface area (Å²) in [6, 6.07) is 0. The van der Waals surface area contributed by atoms with Crippen LogP contribution in [-0.2, 0) is 23.8 Å². The molecule has 0 aliphatic rings. The van der Waals surface area contributed by atoms with Gasteiger partial charge in [0.05, 0.1) is 40.3 Å². The summed E-state index contributed by atoms with van der Waals surface area (Å²) in [4.78, 5) is 23.0. The van der Waals surface area contributed by atoms with E-state index in [1.807, 2.05) is 21.1 Å². The smallest absolute Gasteiger partial charge is 0.305 e. The van der Waals surface area contributed by atoms with E-state index in [0.717, 1.165) is 51.4 Å². The van der Waals surface area contributed by atoms with E-state index in [2.05, 4.69) is 79.8 Å². The van der Waals surface area contributed by atoms with Crippen LogP contribution < -0.4 is 5.11 Å². The molecular weight excluding hydrogens is 534 g/mol. The SMILES string of the molecule is CC/C=C\C/C=C\C/C=C\C/C=C\C/C=C\C/C=C\CCCCC(=O)OCC(O)COC(OCC[N+](C)(C)C)C(=O)[O-]. The van der Waals surface area contributed by atoms with Crippen molar-refractivity contribution in [1.82, 2.24) is 0 Å². The predicted octanol–water partition coefficient (Wildman–Crippen LogP) is 4.96. The van der Waals surface area contributed by atoms with Crippen LogP contribution in [0.5, 0.6) is 0 Å². The van der Waals surface area contributed by atoms with Crippen LogP contribution in [0.25, 0.3) is 0 Å². The van der Waals surface area contributed by atoms with E-state index < -0.39 is 24.3 Å². The van der Waals surface area contributed by atoms with Crippen molar-refractivity contribution in [3.05, 3.63) is 72.9 Å². The minimum Gasteiger partial charge on any atom is -0.545 e. The second-order valence-electron chi connectivity index (χ2n) is 10.9. The highest BCUT2D eigenvalue weighted by Crippen LogP contribution is 2.05. The first-order valence-electron chi connectivity index (χ1n) is 15.1. The van der Waals surface area contributed by atoms with E-state index in [-0.39, 0.29) is 26.2 Å². The molecule has 0 spiro atoms. The molecule has 0 rings (SSSR count). The molecule has 238 valence electrons. The summed E-state index contributed by atoms with van der Waals surface area (Å²) >= 11 is 0. The highest BCUT2D eigenvalue weighted by Gasteiger charge is 2.17. The molecule has 2 unspecified atom stereocenters. The molecule has 0 amide bonds. The number of aliphatic hydroxyl groups excluding tert-OH is 1. The van der Waals surface area contributed by atoms with E-state index in [4.69, 9.17) is 14.2 Å². The van der Waals surface area contributed by atoms with Gasteiger partial charge in [-0.1, -0.05) is 79.8 Å². The monoisotopic (exact) mass is 589 g/mol. The number of quaternary nitrogens is 1. The van der Waals surface area contributed by atoms with Crippen molar-refractivity contribution in [2.24, 2.45) is 0 Å². The molecule has 0 aromatic carbocycles. The van der Waals surface area contributed by atoms with Crippen LogP contribution in [0, 0.1) is 0 Å². The van der Waals surface area contributed by atoms with Crippen molar-refractivity contribution < 1.29 is 38.5 Å². The second kappa shape index (κ2) is 27.1. The van der Waals surface area contributed by atoms with Crippen molar-refractivity contribution in [3.8, 4) is 0 Å². The van der Waals surface area contributed by atoms with Crippen LogP contribution in [0.15, 0.2) is 72.9 Å². The molecule has 0 fully saturated rings. The average molecular weight is 590 g/mol. The summed E-state index contributed by atoms with van der Waals surface area (Å²) in [6.45, 7) is 2.26. The highest BCUT2D eigenvalue weighted by atomic mass is 16.7. The summed E-state index contributed by atoms with van der Waals surface area (Å²) in [5, 5.41) is 21.1. The van der Waals surface area contributed by atoms with Gasteiger partial charge in [0.15, 0.2) is 6.29 Å². The molecule has 8 heteroatoms. The maximum absolute atomic E-state index is 11.9. The minimum atomic E-state index is -1.59. The largest absolute Gasteiger partial charge is 0.545 e. The van der Waals surface area contributed by atoms with Crippen LogP contribution in [0.3, 0.4) is 0 Å². The predicted molar refractivity (Wildman–Crippen MR) is 167 cm³/mol. The van der Waals surface area contributed by atoms with Crippen molar-refractivity contribution >= 4 is 11.9 Å². The van der Waals surface area contributed by atoms with Gasteiger partial charge in [-0.2, -0.15) is 0 Å².